The Balaban J connectivity index is 1.96. The SMILES string of the molecule is CNC(=O)C1CCCN1c1ncc(CNCC(C)C)cn1. The quantitative estimate of drug-likeness (QED) is 0.816. The Morgan fingerprint density at radius 1 is 1.43 bits per heavy atom. The van der Waals surface area contributed by atoms with E-state index in [1.807, 2.05) is 17.3 Å². The van der Waals surface area contributed by atoms with E-state index < -0.39 is 0 Å². The molecule has 6 heteroatoms. The lowest BCUT2D eigenvalue weighted by atomic mass is 10.2. The fourth-order valence-corrected chi connectivity index (χ4v) is 2.54. The summed E-state index contributed by atoms with van der Waals surface area (Å²) in [6, 6.07) is -0.139. The molecule has 1 aliphatic rings. The second-order valence-corrected chi connectivity index (χ2v) is 5.88. The van der Waals surface area contributed by atoms with Gasteiger partial charge in [-0.05, 0) is 25.3 Å². The Hall–Kier alpha value is -1.69. The molecule has 0 aromatic carbocycles. The van der Waals surface area contributed by atoms with Gasteiger partial charge in [-0.25, -0.2) is 9.97 Å². The Labute approximate surface area is 126 Å². The molecule has 1 fully saturated rings. The Morgan fingerprint density at radius 2 is 2.14 bits per heavy atom. The first-order chi connectivity index (χ1) is 10.1. The zero-order valence-electron chi connectivity index (χ0n) is 13.1. The maximum absolute atomic E-state index is 11.9. The zero-order valence-corrected chi connectivity index (χ0v) is 13.1. The van der Waals surface area contributed by atoms with Crippen LogP contribution in [-0.4, -0.2) is 42.1 Å². The van der Waals surface area contributed by atoms with E-state index in [1.165, 1.54) is 0 Å². The molecule has 0 spiro atoms. The van der Waals surface area contributed by atoms with Crippen molar-refractivity contribution >= 4 is 11.9 Å². The number of aromatic nitrogens is 2. The van der Waals surface area contributed by atoms with Gasteiger partial charge in [0.05, 0.1) is 0 Å². The summed E-state index contributed by atoms with van der Waals surface area (Å²) in [5.74, 6) is 1.32. The van der Waals surface area contributed by atoms with Crippen LogP contribution in [0.3, 0.4) is 0 Å². The summed E-state index contributed by atoms with van der Waals surface area (Å²) in [5, 5.41) is 6.08. The standard InChI is InChI=1S/C15H25N5O/c1-11(2)7-17-8-12-9-18-15(19-10-12)20-6-4-5-13(20)14(21)16-3/h9-11,13,17H,4-8H2,1-3H3,(H,16,21). The highest BCUT2D eigenvalue weighted by Gasteiger charge is 2.31. The van der Waals surface area contributed by atoms with Gasteiger partial charge in [-0.1, -0.05) is 13.8 Å². The van der Waals surface area contributed by atoms with Crippen molar-refractivity contribution in [2.75, 3.05) is 25.0 Å². The first kappa shape index (κ1) is 15.7. The van der Waals surface area contributed by atoms with E-state index in [0.717, 1.165) is 38.0 Å². The fourth-order valence-electron chi connectivity index (χ4n) is 2.54. The second kappa shape index (κ2) is 7.36. The van der Waals surface area contributed by atoms with Crippen molar-refractivity contribution in [3.8, 4) is 0 Å². The van der Waals surface area contributed by atoms with Crippen LogP contribution >= 0.6 is 0 Å². The molecule has 6 nitrogen and oxygen atoms in total. The van der Waals surface area contributed by atoms with Gasteiger partial charge in [-0.3, -0.25) is 4.79 Å². The summed E-state index contributed by atoms with van der Waals surface area (Å²) in [4.78, 5) is 22.7. The van der Waals surface area contributed by atoms with Gasteiger partial charge in [0.1, 0.15) is 6.04 Å². The molecule has 0 radical (unpaired) electrons. The predicted octanol–water partition coefficient (Wildman–Crippen LogP) is 0.937. The number of carbonyl (C=O) groups is 1. The minimum absolute atomic E-state index is 0.0405. The average molecular weight is 291 g/mol. The minimum Gasteiger partial charge on any atom is -0.357 e. The predicted molar refractivity (Wildman–Crippen MR) is 83.0 cm³/mol. The molecule has 1 aromatic heterocycles. The highest BCUT2D eigenvalue weighted by atomic mass is 16.2. The summed E-state index contributed by atoms with van der Waals surface area (Å²) in [6.45, 7) is 6.95. The van der Waals surface area contributed by atoms with Crippen LogP contribution in [0.15, 0.2) is 12.4 Å². The minimum atomic E-state index is -0.139. The average Bonchev–Trinajstić information content (AvgIpc) is 2.96. The molecule has 1 aliphatic heterocycles. The van der Waals surface area contributed by atoms with Crippen molar-refractivity contribution < 1.29 is 4.79 Å². The van der Waals surface area contributed by atoms with Gasteiger partial charge in [0.25, 0.3) is 0 Å². The molecule has 1 atom stereocenters. The molecule has 1 amide bonds. The van der Waals surface area contributed by atoms with Crippen LogP contribution in [0.4, 0.5) is 5.95 Å². The summed E-state index contributed by atoms with van der Waals surface area (Å²) >= 11 is 0. The van der Waals surface area contributed by atoms with Gasteiger partial charge in [-0.2, -0.15) is 0 Å². The fraction of sp³-hybridized carbons (Fsp3) is 0.667. The number of amides is 1. The van der Waals surface area contributed by atoms with Crippen molar-refractivity contribution in [1.29, 1.82) is 0 Å². The monoisotopic (exact) mass is 291 g/mol. The van der Waals surface area contributed by atoms with Crippen LogP contribution in [0.1, 0.15) is 32.3 Å². The van der Waals surface area contributed by atoms with Gasteiger partial charge in [0.15, 0.2) is 0 Å². The molecule has 1 saturated heterocycles. The molecular weight excluding hydrogens is 266 g/mol. The van der Waals surface area contributed by atoms with Crippen LogP contribution in [0.2, 0.25) is 0 Å². The third kappa shape index (κ3) is 4.14. The van der Waals surface area contributed by atoms with Crippen LogP contribution < -0.4 is 15.5 Å². The van der Waals surface area contributed by atoms with Gasteiger partial charge in [0, 0.05) is 38.1 Å². The zero-order chi connectivity index (χ0) is 15.2. The Bertz CT molecular complexity index is 460. The van der Waals surface area contributed by atoms with Crippen LogP contribution in [-0.2, 0) is 11.3 Å². The van der Waals surface area contributed by atoms with Crippen molar-refractivity contribution in [2.45, 2.75) is 39.3 Å². The summed E-state index contributed by atoms with van der Waals surface area (Å²) in [5.41, 5.74) is 1.06. The summed E-state index contributed by atoms with van der Waals surface area (Å²) in [6.07, 6.45) is 5.55. The van der Waals surface area contributed by atoms with E-state index >= 15 is 0 Å². The molecular formula is C15H25N5O. The van der Waals surface area contributed by atoms with Gasteiger partial charge in [0.2, 0.25) is 11.9 Å². The van der Waals surface area contributed by atoms with E-state index in [-0.39, 0.29) is 11.9 Å². The number of anilines is 1. The molecule has 1 aromatic rings. The maximum atomic E-state index is 11.9. The number of nitrogens with zero attached hydrogens (tertiary/aromatic N) is 3. The second-order valence-electron chi connectivity index (χ2n) is 5.88. The molecule has 1 unspecified atom stereocenters. The summed E-state index contributed by atoms with van der Waals surface area (Å²) < 4.78 is 0. The number of likely N-dealkylation sites (N-methyl/N-ethyl adjacent to an activating group) is 1. The lowest BCUT2D eigenvalue weighted by Crippen LogP contribution is -2.42. The summed E-state index contributed by atoms with van der Waals surface area (Å²) in [7, 11) is 1.67. The maximum Gasteiger partial charge on any atom is 0.242 e. The van der Waals surface area contributed by atoms with Crippen molar-refractivity contribution in [3.05, 3.63) is 18.0 Å². The first-order valence-corrected chi connectivity index (χ1v) is 7.61. The number of nitrogens with one attached hydrogen (secondary N) is 2. The van der Waals surface area contributed by atoms with Gasteiger partial charge >= 0.3 is 0 Å². The molecule has 21 heavy (non-hydrogen) atoms. The van der Waals surface area contributed by atoms with Crippen LogP contribution in [0.5, 0.6) is 0 Å². The van der Waals surface area contributed by atoms with E-state index in [0.29, 0.717) is 11.9 Å². The molecule has 2 heterocycles. The topological polar surface area (TPSA) is 70.2 Å². The molecule has 0 bridgehead atoms. The van der Waals surface area contributed by atoms with E-state index in [4.69, 9.17) is 0 Å². The lowest BCUT2D eigenvalue weighted by molar-refractivity contribution is -0.121. The number of carbonyl (C=O) groups excluding carboxylic acids is 1. The van der Waals surface area contributed by atoms with Crippen LogP contribution in [0.25, 0.3) is 0 Å². The Kier molecular flexibility index (Phi) is 5.50. The van der Waals surface area contributed by atoms with E-state index in [9.17, 15) is 4.79 Å². The lowest BCUT2D eigenvalue weighted by Gasteiger charge is -2.23. The van der Waals surface area contributed by atoms with Gasteiger partial charge < -0.3 is 15.5 Å². The Morgan fingerprint density at radius 3 is 2.76 bits per heavy atom. The number of hydrogen-bond acceptors (Lipinski definition) is 5. The largest absolute Gasteiger partial charge is 0.357 e. The van der Waals surface area contributed by atoms with Crippen molar-refractivity contribution in [3.63, 3.8) is 0 Å². The number of hydrogen-bond donors (Lipinski definition) is 2. The third-order valence-corrected chi connectivity index (χ3v) is 3.63. The van der Waals surface area contributed by atoms with E-state index in [1.54, 1.807) is 7.05 Å². The smallest absolute Gasteiger partial charge is 0.242 e. The number of rotatable bonds is 6. The third-order valence-electron chi connectivity index (χ3n) is 3.63. The van der Waals surface area contributed by atoms with E-state index in [2.05, 4.69) is 34.4 Å². The molecule has 116 valence electrons. The first-order valence-electron chi connectivity index (χ1n) is 7.61. The van der Waals surface area contributed by atoms with Crippen LogP contribution in [0, 0.1) is 5.92 Å². The highest BCUT2D eigenvalue weighted by Crippen LogP contribution is 2.22. The molecule has 0 saturated carbocycles. The molecule has 2 rings (SSSR count). The molecule has 0 aliphatic carbocycles. The molecule has 2 N–H and O–H groups in total. The van der Waals surface area contributed by atoms with Gasteiger partial charge in [-0.15, -0.1) is 0 Å². The normalized spacial score (nSPS) is 18.3. The van der Waals surface area contributed by atoms with Crippen molar-refractivity contribution in [2.24, 2.45) is 5.92 Å². The van der Waals surface area contributed by atoms with Crippen molar-refractivity contribution in [1.82, 2.24) is 20.6 Å². The highest BCUT2D eigenvalue weighted by molar-refractivity contribution is 5.84.